The molecule has 0 bridgehead atoms. The summed E-state index contributed by atoms with van der Waals surface area (Å²) in [6.45, 7) is 3.05. The van der Waals surface area contributed by atoms with Crippen molar-refractivity contribution in [3.8, 4) is 16.9 Å². The van der Waals surface area contributed by atoms with E-state index in [-0.39, 0.29) is 17.0 Å². The van der Waals surface area contributed by atoms with Gasteiger partial charge in [-0.2, -0.15) is 0 Å². The molecule has 0 aliphatic carbocycles. The van der Waals surface area contributed by atoms with Crippen molar-refractivity contribution in [3.63, 3.8) is 0 Å². The van der Waals surface area contributed by atoms with Gasteiger partial charge >= 0.3 is 5.69 Å². The summed E-state index contributed by atoms with van der Waals surface area (Å²) >= 11 is 0. The van der Waals surface area contributed by atoms with Gasteiger partial charge in [0.2, 0.25) is 5.91 Å². The van der Waals surface area contributed by atoms with Gasteiger partial charge in [0.25, 0.3) is 11.2 Å². The summed E-state index contributed by atoms with van der Waals surface area (Å²) in [5, 5.41) is 14.5. The molecule has 0 aliphatic heterocycles. The molecule has 0 unspecified atom stereocenters. The molecule has 0 aliphatic rings. The van der Waals surface area contributed by atoms with Crippen LogP contribution in [0.15, 0.2) is 58.3 Å². The van der Waals surface area contributed by atoms with E-state index in [1.165, 1.54) is 24.6 Å². The monoisotopic (exact) mass is 447 g/mol. The van der Waals surface area contributed by atoms with Crippen LogP contribution in [0.3, 0.4) is 0 Å². The number of fused-ring (bicyclic) bond motifs is 1. The summed E-state index contributed by atoms with van der Waals surface area (Å²) < 4.78 is 4.10. The van der Waals surface area contributed by atoms with Crippen molar-refractivity contribution in [2.45, 2.75) is 13.8 Å². The maximum Gasteiger partial charge on any atom is 0.330 e. The summed E-state index contributed by atoms with van der Waals surface area (Å²) in [5.74, 6) is -0.208. The summed E-state index contributed by atoms with van der Waals surface area (Å²) in [6, 6.07) is 11.7. The maximum atomic E-state index is 13.2. The number of carbonyl (C=O) groups is 1. The molecule has 168 valence electrons. The van der Waals surface area contributed by atoms with Gasteiger partial charge in [-0.1, -0.05) is 12.1 Å². The second kappa shape index (κ2) is 7.90. The van der Waals surface area contributed by atoms with Gasteiger partial charge in [0.05, 0.1) is 21.5 Å². The van der Waals surface area contributed by atoms with Gasteiger partial charge in [0.15, 0.2) is 0 Å². The van der Waals surface area contributed by atoms with Crippen molar-refractivity contribution in [2.75, 3.05) is 5.32 Å². The van der Waals surface area contributed by atoms with E-state index in [9.17, 15) is 24.5 Å². The lowest BCUT2D eigenvalue weighted by molar-refractivity contribution is -0.385. The van der Waals surface area contributed by atoms with Crippen LogP contribution >= 0.6 is 0 Å². The average molecular weight is 447 g/mol. The molecule has 2 aromatic heterocycles. The highest BCUT2D eigenvalue weighted by Crippen LogP contribution is 2.34. The number of carbonyl (C=O) groups excluding carboxylic acids is 1. The zero-order valence-corrected chi connectivity index (χ0v) is 18.4. The van der Waals surface area contributed by atoms with E-state index < -0.39 is 16.2 Å². The van der Waals surface area contributed by atoms with Crippen LogP contribution in [-0.2, 0) is 18.9 Å². The van der Waals surface area contributed by atoms with Crippen LogP contribution in [0, 0.1) is 17.0 Å². The third-order valence-electron chi connectivity index (χ3n) is 5.58. The van der Waals surface area contributed by atoms with Crippen LogP contribution in [0.1, 0.15) is 12.5 Å². The lowest BCUT2D eigenvalue weighted by Crippen LogP contribution is -2.36. The van der Waals surface area contributed by atoms with Crippen LogP contribution in [0.5, 0.6) is 0 Å². The number of nitro groups is 1. The topological polar surface area (TPSA) is 121 Å². The summed E-state index contributed by atoms with van der Waals surface area (Å²) in [4.78, 5) is 48.1. The molecule has 10 nitrogen and oxygen atoms in total. The van der Waals surface area contributed by atoms with Gasteiger partial charge in [-0.25, -0.2) is 4.79 Å². The number of nitro benzene ring substituents is 1. The predicted molar refractivity (Wildman–Crippen MR) is 125 cm³/mol. The average Bonchev–Trinajstić information content (AvgIpc) is 3.17. The molecule has 0 saturated heterocycles. The van der Waals surface area contributed by atoms with Crippen molar-refractivity contribution in [1.82, 2.24) is 13.7 Å². The molecule has 2 aromatic carbocycles. The Morgan fingerprint density at radius 1 is 1.03 bits per heavy atom. The minimum Gasteiger partial charge on any atom is -0.326 e. The first-order valence-corrected chi connectivity index (χ1v) is 10.0. The Kier molecular flexibility index (Phi) is 5.21. The molecule has 33 heavy (non-hydrogen) atoms. The molecule has 4 aromatic rings. The number of amides is 1. The summed E-state index contributed by atoms with van der Waals surface area (Å²) in [5.41, 5.74) is 1.97. The highest BCUT2D eigenvalue weighted by atomic mass is 16.6. The molecule has 0 radical (unpaired) electrons. The molecule has 4 rings (SSSR count). The first-order chi connectivity index (χ1) is 15.6. The number of nitrogens with one attached hydrogen (secondary N) is 1. The van der Waals surface area contributed by atoms with E-state index in [1.807, 2.05) is 0 Å². The Hall–Kier alpha value is -4.47. The van der Waals surface area contributed by atoms with Crippen molar-refractivity contribution in [1.29, 1.82) is 0 Å². The molecular weight excluding hydrogens is 426 g/mol. The van der Waals surface area contributed by atoms with Gasteiger partial charge in [-0.15, -0.1) is 0 Å². The van der Waals surface area contributed by atoms with Gasteiger partial charge in [0, 0.05) is 55.8 Å². The zero-order chi connectivity index (χ0) is 24.0. The Bertz CT molecular complexity index is 1560. The Labute approximate surface area is 187 Å². The minimum absolute atomic E-state index is 0.0731. The van der Waals surface area contributed by atoms with E-state index in [0.29, 0.717) is 33.7 Å². The number of aryl methyl sites for hydroxylation is 2. The smallest absolute Gasteiger partial charge is 0.326 e. The predicted octanol–water partition coefficient (Wildman–Crippen LogP) is 2.87. The molecule has 0 atom stereocenters. The number of nitrogens with zero attached hydrogens (tertiary/aromatic N) is 4. The molecule has 0 saturated carbocycles. The molecule has 1 N–H and O–H groups in total. The second-order valence-electron chi connectivity index (χ2n) is 7.80. The lowest BCUT2D eigenvalue weighted by atomic mass is 10.1. The number of rotatable bonds is 4. The van der Waals surface area contributed by atoms with Crippen LogP contribution in [0.4, 0.5) is 11.4 Å². The number of hydrogen-bond donors (Lipinski definition) is 1. The standard InChI is InChI=1S/C23H21N5O5/c1-13-5-6-15(11-18(13)28(32)33)21-20-19(25(3)23(31)26(4)22(20)30)12-27(21)17-9-7-16(8-10-17)24-14(2)29/h5-12H,1-4H3,(H,24,29). The van der Waals surface area contributed by atoms with Crippen molar-refractivity contribution in [3.05, 3.63) is 85.2 Å². The normalized spacial score (nSPS) is 11.0. The molecule has 10 heteroatoms. The van der Waals surface area contributed by atoms with E-state index in [4.69, 9.17) is 0 Å². The van der Waals surface area contributed by atoms with Crippen LogP contribution < -0.4 is 16.6 Å². The summed E-state index contributed by atoms with van der Waals surface area (Å²) in [7, 11) is 2.96. The van der Waals surface area contributed by atoms with E-state index >= 15 is 0 Å². The highest BCUT2D eigenvalue weighted by molar-refractivity contribution is 5.95. The quantitative estimate of drug-likeness (QED) is 0.381. The minimum atomic E-state index is -0.500. The Balaban J connectivity index is 2.09. The first-order valence-electron chi connectivity index (χ1n) is 10.0. The SMILES string of the molecule is CC(=O)Nc1ccc(-n2cc3c(c2-c2ccc(C)c([N+](=O)[O-])c2)c(=O)n(C)c(=O)n3C)cc1. The number of aromatic nitrogens is 3. The lowest BCUT2D eigenvalue weighted by Gasteiger charge is -2.12. The number of benzene rings is 2. The largest absolute Gasteiger partial charge is 0.330 e. The van der Waals surface area contributed by atoms with Crippen molar-refractivity contribution in [2.24, 2.45) is 14.1 Å². The number of hydrogen-bond acceptors (Lipinski definition) is 5. The van der Waals surface area contributed by atoms with Gasteiger partial charge < -0.3 is 9.88 Å². The van der Waals surface area contributed by atoms with E-state index in [2.05, 4.69) is 5.32 Å². The molecule has 0 fully saturated rings. The van der Waals surface area contributed by atoms with E-state index in [1.54, 1.807) is 61.1 Å². The fraction of sp³-hybridized carbons (Fsp3) is 0.174. The molecule has 0 spiro atoms. The third kappa shape index (κ3) is 3.61. The van der Waals surface area contributed by atoms with Crippen LogP contribution in [-0.4, -0.2) is 24.5 Å². The summed E-state index contributed by atoms with van der Waals surface area (Å²) in [6.07, 6.45) is 1.66. The maximum absolute atomic E-state index is 13.2. The highest BCUT2D eigenvalue weighted by Gasteiger charge is 2.22. The Morgan fingerprint density at radius 3 is 2.30 bits per heavy atom. The van der Waals surface area contributed by atoms with Gasteiger partial charge in [-0.3, -0.25) is 28.8 Å². The fourth-order valence-electron chi connectivity index (χ4n) is 3.89. The van der Waals surface area contributed by atoms with Gasteiger partial charge in [0.1, 0.15) is 0 Å². The zero-order valence-electron chi connectivity index (χ0n) is 18.4. The molecule has 1 amide bonds. The second-order valence-corrected chi connectivity index (χ2v) is 7.80. The van der Waals surface area contributed by atoms with Crippen molar-refractivity contribution < 1.29 is 9.72 Å². The molecular formula is C23H21N5O5. The molecule has 2 heterocycles. The number of anilines is 1. The Morgan fingerprint density at radius 2 is 1.70 bits per heavy atom. The van der Waals surface area contributed by atoms with E-state index in [0.717, 1.165) is 4.57 Å². The third-order valence-corrected chi connectivity index (χ3v) is 5.58. The first kappa shape index (κ1) is 21.8. The van der Waals surface area contributed by atoms with Crippen LogP contribution in [0.25, 0.3) is 27.8 Å². The van der Waals surface area contributed by atoms with Crippen molar-refractivity contribution >= 4 is 28.2 Å². The van der Waals surface area contributed by atoms with Crippen LogP contribution in [0.2, 0.25) is 0 Å². The van der Waals surface area contributed by atoms with Gasteiger partial charge in [-0.05, 0) is 31.2 Å². The fourth-order valence-corrected chi connectivity index (χ4v) is 3.89.